The molecule has 0 spiro atoms. The van der Waals surface area contributed by atoms with Crippen molar-refractivity contribution in [2.75, 3.05) is 39.3 Å². The van der Waals surface area contributed by atoms with E-state index in [1.54, 1.807) is 0 Å². The average Bonchev–Trinajstić information content (AvgIpc) is 3.08. The van der Waals surface area contributed by atoms with E-state index in [1.807, 2.05) is 11.8 Å². The number of carbonyl (C=O) groups is 1. The van der Waals surface area contributed by atoms with Crippen LogP contribution in [-0.4, -0.2) is 65.1 Å². The lowest BCUT2D eigenvalue weighted by Crippen LogP contribution is -2.49. The number of carbonyl (C=O) groups excluding carboxylic acids is 1. The number of halogens is 2. The molecule has 0 bridgehead atoms. The second-order valence-electron chi connectivity index (χ2n) is 7.56. The van der Waals surface area contributed by atoms with E-state index in [4.69, 9.17) is 4.52 Å². The number of piperidine rings is 1. The van der Waals surface area contributed by atoms with Crippen molar-refractivity contribution in [2.45, 2.75) is 46.1 Å². The summed E-state index contributed by atoms with van der Waals surface area (Å²) in [4.78, 5) is 21.3. The van der Waals surface area contributed by atoms with Gasteiger partial charge in [0.15, 0.2) is 5.82 Å². The Kier molecular flexibility index (Phi) is 10.0. The van der Waals surface area contributed by atoms with Crippen molar-refractivity contribution in [1.82, 2.24) is 25.3 Å². The number of aromatic nitrogens is 2. The smallest absolute Gasteiger partial charge is 0.243 e. The van der Waals surface area contributed by atoms with E-state index in [9.17, 15) is 4.79 Å². The van der Waals surface area contributed by atoms with Crippen LogP contribution in [0.25, 0.3) is 0 Å². The van der Waals surface area contributed by atoms with Crippen molar-refractivity contribution in [3.8, 4) is 0 Å². The van der Waals surface area contributed by atoms with Gasteiger partial charge in [-0.2, -0.15) is 4.98 Å². The fraction of sp³-hybridized carbons (Fsp3) is 0.833. The number of nitrogens with zero attached hydrogens (tertiary/aromatic N) is 4. The summed E-state index contributed by atoms with van der Waals surface area (Å²) in [6, 6.07) is 0.102. The summed E-state index contributed by atoms with van der Waals surface area (Å²) in [7, 11) is 0. The summed E-state index contributed by atoms with van der Waals surface area (Å²) < 4.78 is 5.28. The highest BCUT2D eigenvalue weighted by molar-refractivity contribution is 5.85. The largest absolute Gasteiger partial charge is 0.340 e. The Bertz CT molecular complexity index is 572. The first-order chi connectivity index (χ1) is 12.0. The molecule has 1 aromatic heterocycles. The van der Waals surface area contributed by atoms with Gasteiger partial charge in [-0.3, -0.25) is 9.69 Å². The first-order valence-electron chi connectivity index (χ1n) is 9.57. The van der Waals surface area contributed by atoms with Crippen LogP contribution in [-0.2, 0) is 4.79 Å². The molecule has 0 radical (unpaired) electrons. The van der Waals surface area contributed by atoms with E-state index < -0.39 is 0 Å². The van der Waals surface area contributed by atoms with Gasteiger partial charge in [-0.1, -0.05) is 12.1 Å². The van der Waals surface area contributed by atoms with Crippen molar-refractivity contribution in [3.05, 3.63) is 11.7 Å². The molecule has 3 unspecified atom stereocenters. The van der Waals surface area contributed by atoms with Gasteiger partial charge in [0.1, 0.15) is 0 Å². The van der Waals surface area contributed by atoms with E-state index >= 15 is 0 Å². The molecule has 0 aromatic carbocycles. The summed E-state index contributed by atoms with van der Waals surface area (Å²) in [6.45, 7) is 11.6. The summed E-state index contributed by atoms with van der Waals surface area (Å²) in [6.07, 6.45) is 3.15. The summed E-state index contributed by atoms with van der Waals surface area (Å²) in [5, 5.41) is 7.32. The van der Waals surface area contributed by atoms with E-state index in [0.29, 0.717) is 35.9 Å². The van der Waals surface area contributed by atoms with Crippen molar-refractivity contribution in [2.24, 2.45) is 11.8 Å². The Labute approximate surface area is 174 Å². The van der Waals surface area contributed by atoms with Crippen LogP contribution in [0.5, 0.6) is 0 Å². The van der Waals surface area contributed by atoms with Crippen molar-refractivity contribution in [3.63, 3.8) is 0 Å². The van der Waals surface area contributed by atoms with Crippen LogP contribution in [0.2, 0.25) is 0 Å². The minimum atomic E-state index is 0. The minimum absolute atomic E-state index is 0. The number of piperazine rings is 1. The zero-order chi connectivity index (χ0) is 17.8. The van der Waals surface area contributed by atoms with Gasteiger partial charge < -0.3 is 14.7 Å². The molecule has 0 saturated carbocycles. The maximum atomic E-state index is 12.6. The minimum Gasteiger partial charge on any atom is -0.340 e. The fourth-order valence-corrected chi connectivity index (χ4v) is 3.93. The first-order valence-corrected chi connectivity index (χ1v) is 9.57. The second-order valence-corrected chi connectivity index (χ2v) is 7.56. The molecule has 3 heterocycles. The molecule has 1 amide bonds. The molecule has 0 aliphatic carbocycles. The molecule has 1 N–H and O–H groups in total. The molecular formula is C18H33Cl2N5O2. The normalized spacial score (nSPS) is 23.1. The lowest BCUT2D eigenvalue weighted by molar-refractivity contribution is -0.134. The van der Waals surface area contributed by atoms with Gasteiger partial charge in [0, 0.05) is 32.6 Å². The molecule has 2 aliphatic rings. The highest BCUT2D eigenvalue weighted by atomic mass is 35.5. The lowest BCUT2D eigenvalue weighted by Gasteiger charge is -2.37. The van der Waals surface area contributed by atoms with Gasteiger partial charge in [0.05, 0.1) is 6.04 Å². The molecular weight excluding hydrogens is 389 g/mol. The number of hydrogen-bond donors (Lipinski definition) is 1. The predicted molar refractivity (Wildman–Crippen MR) is 109 cm³/mol. The van der Waals surface area contributed by atoms with Gasteiger partial charge in [-0.15, -0.1) is 24.8 Å². The van der Waals surface area contributed by atoms with Gasteiger partial charge in [0.2, 0.25) is 11.8 Å². The first kappa shape index (κ1) is 24.1. The van der Waals surface area contributed by atoms with Crippen LogP contribution in [0.4, 0.5) is 0 Å². The lowest BCUT2D eigenvalue weighted by atomic mass is 9.85. The third-order valence-electron chi connectivity index (χ3n) is 5.75. The molecule has 9 heteroatoms. The maximum absolute atomic E-state index is 12.6. The predicted octanol–water partition coefficient (Wildman–Crippen LogP) is 2.45. The number of nitrogens with one attached hydrogen (secondary N) is 1. The summed E-state index contributed by atoms with van der Waals surface area (Å²) >= 11 is 0. The number of aryl methyl sites for hydroxylation is 1. The zero-order valence-corrected chi connectivity index (χ0v) is 18.2. The number of amides is 1. The van der Waals surface area contributed by atoms with E-state index in [2.05, 4.69) is 34.2 Å². The van der Waals surface area contributed by atoms with Crippen molar-refractivity contribution < 1.29 is 9.32 Å². The van der Waals surface area contributed by atoms with Crippen LogP contribution in [0.15, 0.2) is 4.52 Å². The Hall–Kier alpha value is -0.890. The van der Waals surface area contributed by atoms with E-state index in [-0.39, 0.29) is 30.9 Å². The molecule has 1 aromatic rings. The topological polar surface area (TPSA) is 74.5 Å². The fourth-order valence-electron chi connectivity index (χ4n) is 3.93. The molecule has 2 fully saturated rings. The summed E-state index contributed by atoms with van der Waals surface area (Å²) in [5.41, 5.74) is 0. The van der Waals surface area contributed by atoms with E-state index in [0.717, 1.165) is 39.3 Å². The highest BCUT2D eigenvalue weighted by Gasteiger charge is 2.29. The second kappa shape index (κ2) is 11.2. The zero-order valence-electron chi connectivity index (χ0n) is 16.5. The van der Waals surface area contributed by atoms with E-state index in [1.165, 1.54) is 12.8 Å². The monoisotopic (exact) mass is 421 g/mol. The molecule has 2 saturated heterocycles. The van der Waals surface area contributed by atoms with Gasteiger partial charge >= 0.3 is 0 Å². The molecule has 2 aliphatic heterocycles. The molecule has 27 heavy (non-hydrogen) atoms. The third kappa shape index (κ3) is 6.31. The standard InChI is InChI=1S/C18H31N5O2.2ClH/c1-13(16-5-4-6-19-12-16)11-17(24)23-9-7-22(8-10-23)14(2)18-20-15(3)21-25-18;;/h13-14,16,19H,4-12H2,1-3H3;2*1H. The average molecular weight is 422 g/mol. The Morgan fingerprint density at radius 3 is 2.52 bits per heavy atom. The molecule has 3 rings (SSSR count). The quantitative estimate of drug-likeness (QED) is 0.786. The van der Waals surface area contributed by atoms with Crippen LogP contribution in [0, 0.1) is 18.8 Å². The molecule has 7 nitrogen and oxygen atoms in total. The van der Waals surface area contributed by atoms with Gasteiger partial charge in [-0.05, 0) is 51.6 Å². The third-order valence-corrected chi connectivity index (χ3v) is 5.75. The van der Waals surface area contributed by atoms with Crippen molar-refractivity contribution >= 4 is 30.7 Å². The molecule has 3 atom stereocenters. The number of hydrogen-bond acceptors (Lipinski definition) is 6. The maximum Gasteiger partial charge on any atom is 0.243 e. The van der Waals surface area contributed by atoms with Crippen LogP contribution < -0.4 is 5.32 Å². The Morgan fingerprint density at radius 2 is 1.96 bits per heavy atom. The van der Waals surface area contributed by atoms with Crippen molar-refractivity contribution in [1.29, 1.82) is 0 Å². The van der Waals surface area contributed by atoms with Gasteiger partial charge in [-0.25, -0.2) is 0 Å². The molecule has 156 valence electrons. The number of rotatable bonds is 5. The van der Waals surface area contributed by atoms with Crippen LogP contribution >= 0.6 is 24.8 Å². The van der Waals surface area contributed by atoms with Gasteiger partial charge in [0.25, 0.3) is 0 Å². The van der Waals surface area contributed by atoms with Crippen LogP contribution in [0.3, 0.4) is 0 Å². The summed E-state index contributed by atoms with van der Waals surface area (Å²) in [5.74, 6) is 2.73. The highest BCUT2D eigenvalue weighted by Crippen LogP contribution is 2.24. The Morgan fingerprint density at radius 1 is 1.26 bits per heavy atom. The van der Waals surface area contributed by atoms with Crippen LogP contribution in [0.1, 0.15) is 50.9 Å². The Balaban J connectivity index is 0.00000182. The SMILES string of the molecule is Cc1noc(C(C)N2CCN(C(=O)CC(C)C3CCCNC3)CC2)n1.Cl.Cl.